The molecule has 3 aromatic rings. The molecular formula is C27H34N4O3. The number of imidazole rings is 1. The minimum atomic E-state index is -0.531. The molecule has 0 aliphatic heterocycles. The van der Waals surface area contributed by atoms with E-state index < -0.39 is 6.09 Å². The second-order valence-electron chi connectivity index (χ2n) is 8.92. The van der Waals surface area contributed by atoms with Gasteiger partial charge in [0.15, 0.2) is 5.82 Å². The van der Waals surface area contributed by atoms with E-state index in [1.807, 2.05) is 66.9 Å². The quantitative estimate of drug-likeness (QED) is 0.467. The van der Waals surface area contributed by atoms with Crippen LogP contribution in [0.15, 0.2) is 48.7 Å². The Labute approximate surface area is 201 Å². The highest BCUT2D eigenvalue weighted by Crippen LogP contribution is 2.30. The van der Waals surface area contributed by atoms with Crippen LogP contribution in [0.5, 0.6) is 0 Å². The highest BCUT2D eigenvalue weighted by Gasteiger charge is 2.22. The maximum atomic E-state index is 12.9. The van der Waals surface area contributed by atoms with Gasteiger partial charge in [-0.15, -0.1) is 0 Å². The summed E-state index contributed by atoms with van der Waals surface area (Å²) in [5, 5.41) is 2.87. The number of rotatable bonds is 8. The lowest BCUT2D eigenvalue weighted by atomic mass is 9.86. The number of amides is 2. The van der Waals surface area contributed by atoms with Crippen molar-refractivity contribution in [3.05, 3.63) is 65.5 Å². The first-order valence-corrected chi connectivity index (χ1v) is 12.4. The van der Waals surface area contributed by atoms with Gasteiger partial charge >= 0.3 is 6.09 Å². The molecule has 0 atom stereocenters. The van der Waals surface area contributed by atoms with E-state index in [1.54, 1.807) is 4.90 Å². The Morgan fingerprint density at radius 3 is 2.53 bits per heavy atom. The van der Waals surface area contributed by atoms with Gasteiger partial charge in [-0.1, -0.05) is 62.4 Å². The van der Waals surface area contributed by atoms with Crippen molar-refractivity contribution in [3.8, 4) is 0 Å². The Kier molecular flexibility index (Phi) is 7.83. The van der Waals surface area contributed by atoms with Gasteiger partial charge in [0.25, 0.3) is 5.91 Å². The number of hydrogen-bond acceptors (Lipinski definition) is 4. The topological polar surface area (TPSA) is 75.9 Å². The van der Waals surface area contributed by atoms with Crippen molar-refractivity contribution >= 4 is 23.5 Å². The molecule has 0 spiro atoms. The van der Waals surface area contributed by atoms with E-state index in [0.717, 1.165) is 17.7 Å². The van der Waals surface area contributed by atoms with Crippen molar-refractivity contribution in [2.75, 3.05) is 18.4 Å². The largest absolute Gasteiger partial charge is 0.444 e. The molecule has 2 amide bonds. The lowest BCUT2D eigenvalue weighted by Gasteiger charge is -2.22. The van der Waals surface area contributed by atoms with Gasteiger partial charge in [-0.2, -0.15) is 0 Å². The normalized spacial score (nSPS) is 14.2. The molecule has 180 valence electrons. The monoisotopic (exact) mass is 462 g/mol. The van der Waals surface area contributed by atoms with Gasteiger partial charge in [-0.05, 0) is 43.9 Å². The zero-order valence-electron chi connectivity index (χ0n) is 20.1. The molecule has 0 radical (unpaired) electrons. The molecule has 0 unspecified atom stereocenters. The van der Waals surface area contributed by atoms with Gasteiger partial charge in [0.1, 0.15) is 12.3 Å². The minimum absolute atomic E-state index is 0.0129. The molecule has 1 N–H and O–H groups in total. The van der Waals surface area contributed by atoms with Crippen LogP contribution in [0.4, 0.5) is 10.6 Å². The first kappa shape index (κ1) is 23.8. The van der Waals surface area contributed by atoms with Crippen LogP contribution in [0.25, 0.3) is 5.65 Å². The maximum Gasteiger partial charge on any atom is 0.413 e. The molecule has 0 saturated heterocycles. The van der Waals surface area contributed by atoms with Crippen molar-refractivity contribution in [2.45, 2.75) is 59.0 Å². The van der Waals surface area contributed by atoms with E-state index in [2.05, 4.69) is 5.32 Å². The number of anilines is 1. The number of carbonyl (C=O) groups is 2. The van der Waals surface area contributed by atoms with Crippen LogP contribution < -0.4 is 5.32 Å². The molecule has 4 rings (SSSR count). The molecule has 2 aromatic heterocycles. The fraction of sp³-hybridized carbons (Fsp3) is 0.444. The Hall–Kier alpha value is -3.35. The van der Waals surface area contributed by atoms with Gasteiger partial charge in [0.2, 0.25) is 0 Å². The average Bonchev–Trinajstić information content (AvgIpc) is 3.20. The molecule has 1 aliphatic rings. The van der Waals surface area contributed by atoms with Crippen LogP contribution in [0, 0.1) is 5.92 Å². The van der Waals surface area contributed by atoms with Crippen molar-refractivity contribution in [1.29, 1.82) is 0 Å². The summed E-state index contributed by atoms with van der Waals surface area (Å²) < 4.78 is 7.44. The summed E-state index contributed by atoms with van der Waals surface area (Å²) >= 11 is 0. The number of nitrogens with zero attached hydrogens (tertiary/aromatic N) is 3. The molecule has 2 heterocycles. The summed E-state index contributed by atoms with van der Waals surface area (Å²) in [5.74, 6) is 1.06. The predicted octanol–water partition coefficient (Wildman–Crippen LogP) is 5.69. The maximum absolute atomic E-state index is 12.9. The predicted molar refractivity (Wildman–Crippen MR) is 133 cm³/mol. The van der Waals surface area contributed by atoms with Gasteiger partial charge in [0.05, 0.1) is 5.69 Å². The Bertz CT molecular complexity index is 1120. The van der Waals surface area contributed by atoms with E-state index in [1.165, 1.54) is 32.1 Å². The van der Waals surface area contributed by atoms with E-state index in [0.29, 0.717) is 36.0 Å². The Morgan fingerprint density at radius 2 is 1.82 bits per heavy atom. The number of aromatic nitrogens is 2. The van der Waals surface area contributed by atoms with Gasteiger partial charge in [-0.25, -0.2) is 9.78 Å². The van der Waals surface area contributed by atoms with E-state index in [-0.39, 0.29) is 12.5 Å². The summed E-state index contributed by atoms with van der Waals surface area (Å²) in [5.41, 5.74) is 3.14. The first-order chi connectivity index (χ1) is 16.6. The molecule has 1 aromatic carbocycles. The van der Waals surface area contributed by atoms with Crippen LogP contribution in [0.1, 0.15) is 67.6 Å². The fourth-order valence-electron chi connectivity index (χ4n) is 4.74. The smallest absolute Gasteiger partial charge is 0.413 e. The third-order valence-electron chi connectivity index (χ3n) is 6.66. The van der Waals surface area contributed by atoms with Crippen molar-refractivity contribution in [3.63, 3.8) is 0 Å². The molecule has 34 heavy (non-hydrogen) atoms. The van der Waals surface area contributed by atoms with Crippen LogP contribution in [0.2, 0.25) is 0 Å². The number of ether oxygens (including phenoxy) is 1. The molecule has 7 heteroatoms. The third kappa shape index (κ3) is 5.58. The number of benzene rings is 1. The third-order valence-corrected chi connectivity index (χ3v) is 6.66. The molecule has 7 nitrogen and oxygen atoms in total. The molecular weight excluding hydrogens is 428 g/mol. The van der Waals surface area contributed by atoms with Crippen molar-refractivity contribution in [1.82, 2.24) is 14.3 Å². The lowest BCUT2D eigenvalue weighted by Crippen LogP contribution is -2.30. The Morgan fingerprint density at radius 1 is 1.09 bits per heavy atom. The molecule has 1 fully saturated rings. The van der Waals surface area contributed by atoms with Crippen molar-refractivity contribution in [2.24, 2.45) is 5.92 Å². The van der Waals surface area contributed by atoms with Crippen LogP contribution in [-0.4, -0.2) is 39.4 Å². The van der Waals surface area contributed by atoms with Crippen LogP contribution >= 0.6 is 0 Å². The molecule has 0 bridgehead atoms. The SMILES string of the molecule is CCN(CC)C(=O)c1ccn2c(CC3CCCCC3)c(NC(=O)OCc3ccccc3)nc2c1. The summed E-state index contributed by atoms with van der Waals surface area (Å²) in [6, 6.07) is 13.2. The molecule has 1 saturated carbocycles. The fourth-order valence-corrected chi connectivity index (χ4v) is 4.74. The number of fused-ring (bicyclic) bond motifs is 1. The lowest BCUT2D eigenvalue weighted by molar-refractivity contribution is 0.0773. The summed E-state index contributed by atoms with van der Waals surface area (Å²) in [6.07, 6.45) is 8.34. The standard InChI is InChI=1S/C27H34N4O3/c1-3-30(4-2)26(32)22-15-16-31-23(17-20-11-7-5-8-12-20)25(28-24(31)18-22)29-27(33)34-19-21-13-9-6-10-14-21/h6,9-10,13-16,18,20H,3-5,7-8,11-12,17,19H2,1-2H3,(H,29,33). The second kappa shape index (κ2) is 11.2. The zero-order chi connectivity index (χ0) is 23.9. The first-order valence-electron chi connectivity index (χ1n) is 12.4. The number of hydrogen-bond donors (Lipinski definition) is 1. The van der Waals surface area contributed by atoms with E-state index in [9.17, 15) is 9.59 Å². The van der Waals surface area contributed by atoms with Gasteiger partial charge < -0.3 is 14.0 Å². The van der Waals surface area contributed by atoms with E-state index >= 15 is 0 Å². The number of carbonyl (C=O) groups excluding carboxylic acids is 2. The average molecular weight is 463 g/mol. The highest BCUT2D eigenvalue weighted by molar-refractivity contribution is 5.95. The van der Waals surface area contributed by atoms with Crippen LogP contribution in [0.3, 0.4) is 0 Å². The van der Waals surface area contributed by atoms with Gasteiger partial charge in [-0.3, -0.25) is 10.1 Å². The zero-order valence-corrected chi connectivity index (χ0v) is 20.1. The number of nitrogens with one attached hydrogen (secondary N) is 1. The Balaban J connectivity index is 1.59. The second-order valence-corrected chi connectivity index (χ2v) is 8.92. The van der Waals surface area contributed by atoms with Crippen LogP contribution in [-0.2, 0) is 17.8 Å². The van der Waals surface area contributed by atoms with Gasteiger partial charge in [0, 0.05) is 24.8 Å². The number of pyridine rings is 1. The summed E-state index contributed by atoms with van der Waals surface area (Å²) in [6.45, 7) is 5.45. The highest BCUT2D eigenvalue weighted by atomic mass is 16.5. The summed E-state index contributed by atoms with van der Waals surface area (Å²) in [7, 11) is 0. The van der Waals surface area contributed by atoms with E-state index in [4.69, 9.17) is 9.72 Å². The molecule has 1 aliphatic carbocycles. The minimum Gasteiger partial charge on any atom is -0.444 e. The summed E-state index contributed by atoms with van der Waals surface area (Å²) in [4.78, 5) is 32.0. The van der Waals surface area contributed by atoms with Crippen molar-refractivity contribution < 1.29 is 14.3 Å².